The van der Waals surface area contributed by atoms with Gasteiger partial charge in [0, 0.05) is 17.8 Å². The Hall–Kier alpha value is -2.83. The molecule has 0 unspecified atom stereocenters. The first-order chi connectivity index (χ1) is 9.60. The third kappa shape index (κ3) is 3.14. The first-order valence-electron chi connectivity index (χ1n) is 5.74. The molecule has 0 bridgehead atoms. The second-order valence-electron chi connectivity index (χ2n) is 3.95. The van der Waals surface area contributed by atoms with Crippen molar-refractivity contribution in [3.05, 3.63) is 58.0 Å². The average molecular weight is 276 g/mol. The van der Waals surface area contributed by atoms with Crippen LogP contribution in [-0.2, 0) is 11.3 Å². The summed E-state index contributed by atoms with van der Waals surface area (Å²) in [4.78, 5) is 21.4. The van der Waals surface area contributed by atoms with Gasteiger partial charge in [0.15, 0.2) is 0 Å². The number of anilines is 1. The van der Waals surface area contributed by atoms with Crippen LogP contribution in [0.5, 0.6) is 0 Å². The van der Waals surface area contributed by atoms with Gasteiger partial charge in [-0.3, -0.25) is 10.1 Å². The lowest BCUT2D eigenvalue weighted by Gasteiger charge is -2.03. The van der Waals surface area contributed by atoms with Crippen LogP contribution in [0.4, 0.5) is 11.4 Å². The highest BCUT2D eigenvalue weighted by Gasteiger charge is 2.10. The van der Waals surface area contributed by atoms with E-state index in [1.807, 2.05) is 0 Å². The Morgan fingerprint density at radius 2 is 2.25 bits per heavy atom. The van der Waals surface area contributed by atoms with Crippen molar-refractivity contribution in [3.8, 4) is 0 Å². The molecule has 0 saturated heterocycles. The lowest BCUT2D eigenvalue weighted by Crippen LogP contribution is -2.00. The first-order valence-corrected chi connectivity index (χ1v) is 5.74. The zero-order valence-electron chi connectivity index (χ0n) is 10.7. The van der Waals surface area contributed by atoms with Gasteiger partial charge in [0.05, 0.1) is 24.1 Å². The molecule has 0 radical (unpaired) electrons. The van der Waals surface area contributed by atoms with Gasteiger partial charge >= 0.3 is 5.97 Å². The van der Waals surface area contributed by atoms with Crippen molar-refractivity contribution in [2.24, 2.45) is 0 Å². The highest BCUT2D eigenvalue weighted by Crippen LogP contribution is 2.18. The van der Waals surface area contributed by atoms with Gasteiger partial charge in [-0.05, 0) is 12.1 Å². The topological polar surface area (TPSA) is 94.6 Å². The largest absolute Gasteiger partial charge is 0.467 e. The van der Waals surface area contributed by atoms with Crippen molar-refractivity contribution in [1.29, 1.82) is 0 Å². The van der Waals surface area contributed by atoms with Crippen molar-refractivity contribution in [2.75, 3.05) is 12.4 Å². The Labute approximate surface area is 114 Å². The standard InChI is InChI=1S/C13H12N2O5/c1-19-13(16)9-5-12(20-8-9)7-14-10-3-2-4-11(6-10)15(17)18/h2-6,8,14H,7H2,1H3. The van der Waals surface area contributed by atoms with Gasteiger partial charge in [-0.2, -0.15) is 0 Å². The fourth-order valence-electron chi connectivity index (χ4n) is 1.62. The van der Waals surface area contributed by atoms with Crippen LogP contribution in [0.25, 0.3) is 0 Å². The number of ether oxygens (including phenoxy) is 1. The van der Waals surface area contributed by atoms with Crippen molar-refractivity contribution < 1.29 is 18.9 Å². The summed E-state index contributed by atoms with van der Waals surface area (Å²) < 4.78 is 9.75. The quantitative estimate of drug-likeness (QED) is 0.512. The smallest absolute Gasteiger partial charge is 0.341 e. The van der Waals surface area contributed by atoms with Gasteiger partial charge in [0.2, 0.25) is 0 Å². The van der Waals surface area contributed by atoms with Crippen molar-refractivity contribution in [3.63, 3.8) is 0 Å². The van der Waals surface area contributed by atoms with E-state index in [1.165, 1.54) is 25.5 Å². The van der Waals surface area contributed by atoms with Crippen LogP contribution in [0.2, 0.25) is 0 Å². The number of non-ortho nitro benzene ring substituents is 1. The third-order valence-electron chi connectivity index (χ3n) is 2.60. The lowest BCUT2D eigenvalue weighted by atomic mass is 10.2. The van der Waals surface area contributed by atoms with Crippen LogP contribution in [0.1, 0.15) is 16.1 Å². The van der Waals surface area contributed by atoms with E-state index in [9.17, 15) is 14.9 Å². The molecule has 7 heteroatoms. The number of nitro benzene ring substituents is 1. The number of rotatable bonds is 5. The van der Waals surface area contributed by atoms with Crippen molar-refractivity contribution in [1.82, 2.24) is 0 Å². The Morgan fingerprint density at radius 3 is 2.95 bits per heavy atom. The summed E-state index contributed by atoms with van der Waals surface area (Å²) in [5, 5.41) is 13.6. The third-order valence-corrected chi connectivity index (χ3v) is 2.60. The summed E-state index contributed by atoms with van der Waals surface area (Å²) in [5.74, 6) is 0.0484. The summed E-state index contributed by atoms with van der Waals surface area (Å²) in [5.41, 5.74) is 0.920. The molecule has 2 aromatic rings. The molecule has 2 rings (SSSR count). The lowest BCUT2D eigenvalue weighted by molar-refractivity contribution is -0.384. The molecule has 1 heterocycles. The fraction of sp³-hybridized carbons (Fsp3) is 0.154. The summed E-state index contributed by atoms with van der Waals surface area (Å²) >= 11 is 0. The minimum Gasteiger partial charge on any atom is -0.467 e. The molecule has 0 aliphatic carbocycles. The minimum atomic E-state index is -0.477. The summed E-state index contributed by atoms with van der Waals surface area (Å²) in [6.07, 6.45) is 1.30. The maximum atomic E-state index is 11.2. The Balaban J connectivity index is 2.01. The van der Waals surface area contributed by atoms with Crippen LogP contribution in [0.15, 0.2) is 41.0 Å². The van der Waals surface area contributed by atoms with Crippen molar-refractivity contribution >= 4 is 17.3 Å². The number of hydrogen-bond acceptors (Lipinski definition) is 6. The van der Waals surface area contributed by atoms with E-state index < -0.39 is 10.9 Å². The Morgan fingerprint density at radius 1 is 1.45 bits per heavy atom. The van der Waals surface area contributed by atoms with E-state index in [0.29, 0.717) is 23.6 Å². The number of carbonyl (C=O) groups excluding carboxylic acids is 1. The van der Waals surface area contributed by atoms with Gasteiger partial charge in [-0.1, -0.05) is 6.07 Å². The molecular weight excluding hydrogens is 264 g/mol. The average Bonchev–Trinajstić information content (AvgIpc) is 2.93. The maximum Gasteiger partial charge on any atom is 0.341 e. The molecule has 1 N–H and O–H groups in total. The van der Waals surface area contributed by atoms with E-state index >= 15 is 0 Å². The molecule has 20 heavy (non-hydrogen) atoms. The molecule has 0 amide bonds. The van der Waals surface area contributed by atoms with Gasteiger partial charge in [0.25, 0.3) is 5.69 Å². The minimum absolute atomic E-state index is 0.00435. The molecular formula is C13H12N2O5. The molecule has 1 aromatic carbocycles. The van der Waals surface area contributed by atoms with Crippen LogP contribution in [-0.4, -0.2) is 18.0 Å². The second kappa shape index (κ2) is 5.87. The molecule has 0 fully saturated rings. The van der Waals surface area contributed by atoms with Gasteiger partial charge < -0.3 is 14.5 Å². The predicted molar refractivity (Wildman–Crippen MR) is 70.5 cm³/mol. The molecule has 0 spiro atoms. The fourth-order valence-corrected chi connectivity index (χ4v) is 1.62. The van der Waals surface area contributed by atoms with E-state index in [1.54, 1.807) is 18.2 Å². The summed E-state index contributed by atoms with van der Waals surface area (Å²) in [6.45, 7) is 0.304. The van der Waals surface area contributed by atoms with Gasteiger partial charge in [-0.15, -0.1) is 0 Å². The van der Waals surface area contributed by atoms with E-state index in [4.69, 9.17) is 4.42 Å². The second-order valence-corrected chi connectivity index (χ2v) is 3.95. The molecule has 1 aromatic heterocycles. The number of esters is 1. The van der Waals surface area contributed by atoms with Gasteiger partial charge in [0.1, 0.15) is 12.0 Å². The van der Waals surface area contributed by atoms with E-state index in [2.05, 4.69) is 10.1 Å². The zero-order chi connectivity index (χ0) is 14.5. The predicted octanol–water partition coefficient (Wildman–Crippen LogP) is 2.59. The number of benzene rings is 1. The van der Waals surface area contributed by atoms with E-state index in [-0.39, 0.29) is 5.69 Å². The SMILES string of the molecule is COC(=O)c1coc(CNc2cccc([N+](=O)[O-])c2)c1. The van der Waals surface area contributed by atoms with Gasteiger partial charge in [-0.25, -0.2) is 4.79 Å². The molecule has 0 saturated carbocycles. The first kappa shape index (κ1) is 13.6. The maximum absolute atomic E-state index is 11.2. The molecule has 7 nitrogen and oxygen atoms in total. The molecule has 0 aliphatic rings. The van der Waals surface area contributed by atoms with Crippen LogP contribution >= 0.6 is 0 Å². The number of nitrogens with one attached hydrogen (secondary N) is 1. The molecule has 104 valence electrons. The number of nitrogens with zero attached hydrogens (tertiary/aromatic N) is 1. The Bertz CT molecular complexity index is 635. The Kier molecular flexibility index (Phi) is 3.99. The normalized spacial score (nSPS) is 10.1. The van der Waals surface area contributed by atoms with Crippen molar-refractivity contribution in [2.45, 2.75) is 6.54 Å². The number of hydrogen-bond donors (Lipinski definition) is 1. The molecule has 0 aliphatic heterocycles. The summed E-state index contributed by atoms with van der Waals surface area (Å²) in [7, 11) is 1.29. The highest BCUT2D eigenvalue weighted by atomic mass is 16.6. The number of methoxy groups -OCH3 is 1. The van der Waals surface area contributed by atoms with Crippen LogP contribution in [0, 0.1) is 10.1 Å². The molecule has 0 atom stereocenters. The summed E-state index contributed by atoms with van der Waals surface area (Å²) in [6, 6.07) is 7.67. The van der Waals surface area contributed by atoms with E-state index in [0.717, 1.165) is 0 Å². The van der Waals surface area contributed by atoms with Crippen LogP contribution in [0.3, 0.4) is 0 Å². The van der Waals surface area contributed by atoms with Crippen LogP contribution < -0.4 is 5.32 Å². The highest BCUT2D eigenvalue weighted by molar-refractivity contribution is 5.88. The monoisotopic (exact) mass is 276 g/mol. The number of nitro groups is 1. The zero-order valence-corrected chi connectivity index (χ0v) is 10.7. The number of carbonyl (C=O) groups is 1. The number of furan rings is 1.